The summed E-state index contributed by atoms with van der Waals surface area (Å²) in [6.45, 7) is 4.28. The molecule has 1 unspecified atom stereocenters. The zero-order valence-electron chi connectivity index (χ0n) is 22.5. The van der Waals surface area contributed by atoms with Crippen LogP contribution in [0, 0.1) is 0 Å². The van der Waals surface area contributed by atoms with E-state index in [1.54, 1.807) is 44.1 Å². The van der Waals surface area contributed by atoms with Crippen molar-refractivity contribution in [1.82, 2.24) is 24.6 Å². The maximum Gasteiger partial charge on any atom is 0.459 e. The topological polar surface area (TPSA) is 176 Å². The van der Waals surface area contributed by atoms with E-state index < -0.39 is 49.5 Å². The number of hydrogen-bond donors (Lipinski definition) is 3. The average molecular weight is 580 g/mol. The number of hydrogen-bond acceptors (Lipinski definition) is 12. The van der Waals surface area contributed by atoms with Crippen molar-refractivity contribution in [3.8, 4) is 5.75 Å². The lowest BCUT2D eigenvalue weighted by atomic mass is 9.97. The molecule has 5 rings (SSSR count). The van der Waals surface area contributed by atoms with Crippen LogP contribution < -0.4 is 20.2 Å². The van der Waals surface area contributed by atoms with Gasteiger partial charge in [0.15, 0.2) is 34.5 Å². The standard InChI is InChI=1S/C24H31FN7O7P/c1-6-36-20(33)13(2)30-40(35,38-14-10-8-7-9-11-14)39-17-16-24(17,34)23(3,25)21(37-16)32-12-27-15-18(31(4)5)28-22(26)29-19(15)32/h7-13,16-17,21,34H,6H2,1-5H3,(H,30,35)(H2,26,28,29)/t13-,16+,17?,21+,23-,24-,40+/m0/s1. The third-order valence-electron chi connectivity index (χ3n) is 6.87. The first kappa shape index (κ1) is 28.2. The summed E-state index contributed by atoms with van der Waals surface area (Å²) in [6.07, 6.45) is -2.69. The smallest absolute Gasteiger partial charge is 0.459 e. The molecule has 0 spiro atoms. The molecule has 0 radical (unpaired) electrons. The number of halogens is 1. The fraction of sp³-hybridized carbons (Fsp3) is 0.500. The fourth-order valence-corrected chi connectivity index (χ4v) is 6.48. The number of nitrogens with zero attached hydrogens (tertiary/aromatic N) is 5. The molecule has 1 aliphatic heterocycles. The lowest BCUT2D eigenvalue weighted by molar-refractivity contribution is -0.144. The van der Waals surface area contributed by atoms with Gasteiger partial charge in [-0.2, -0.15) is 15.1 Å². The summed E-state index contributed by atoms with van der Waals surface area (Å²) in [5.41, 5.74) is 1.74. The van der Waals surface area contributed by atoms with Crippen molar-refractivity contribution in [2.75, 3.05) is 31.3 Å². The normalized spacial score (nSPS) is 29.4. The van der Waals surface area contributed by atoms with Crippen molar-refractivity contribution in [3.63, 3.8) is 0 Å². The average Bonchev–Trinajstić information content (AvgIpc) is 3.15. The molecule has 3 aromatic rings. The highest BCUT2D eigenvalue weighted by Gasteiger charge is 2.85. The largest absolute Gasteiger partial charge is 0.465 e. The van der Waals surface area contributed by atoms with E-state index in [-0.39, 0.29) is 24.0 Å². The number of ether oxygens (including phenoxy) is 2. The van der Waals surface area contributed by atoms with E-state index in [9.17, 15) is 14.5 Å². The summed E-state index contributed by atoms with van der Waals surface area (Å²) in [7, 11) is -0.888. The molecule has 7 atom stereocenters. The van der Waals surface area contributed by atoms with E-state index in [0.29, 0.717) is 11.3 Å². The second-order valence-corrected chi connectivity index (χ2v) is 11.6. The van der Waals surface area contributed by atoms with Gasteiger partial charge < -0.3 is 29.7 Å². The molecule has 14 nitrogen and oxygen atoms in total. The second-order valence-electron chi connectivity index (χ2n) is 9.96. The fourth-order valence-electron chi connectivity index (χ4n) is 4.78. The Morgan fingerprint density at radius 3 is 2.65 bits per heavy atom. The molecule has 2 aliphatic rings. The predicted molar refractivity (Wildman–Crippen MR) is 141 cm³/mol. The summed E-state index contributed by atoms with van der Waals surface area (Å²) in [6, 6.07) is 6.97. The monoisotopic (exact) mass is 579 g/mol. The quantitative estimate of drug-likeness (QED) is 0.235. The maximum atomic E-state index is 16.5. The van der Waals surface area contributed by atoms with Gasteiger partial charge in [0.05, 0.1) is 12.9 Å². The number of alkyl halides is 1. The highest BCUT2D eigenvalue weighted by Crippen LogP contribution is 2.66. The first-order chi connectivity index (χ1) is 18.8. The van der Waals surface area contributed by atoms with Crippen molar-refractivity contribution in [2.45, 2.75) is 56.5 Å². The Kier molecular flexibility index (Phi) is 6.99. The maximum absolute atomic E-state index is 16.5. The molecule has 1 saturated heterocycles. The number of rotatable bonds is 10. The summed E-state index contributed by atoms with van der Waals surface area (Å²) in [4.78, 5) is 26.6. The molecule has 3 heterocycles. The Balaban J connectivity index is 1.42. The van der Waals surface area contributed by atoms with Crippen LogP contribution in [-0.2, 0) is 23.4 Å². The first-order valence-corrected chi connectivity index (χ1v) is 14.1. The molecule has 2 fully saturated rings. The van der Waals surface area contributed by atoms with Gasteiger partial charge in [-0.3, -0.25) is 13.9 Å². The highest BCUT2D eigenvalue weighted by atomic mass is 31.2. The number of anilines is 2. The van der Waals surface area contributed by atoms with Gasteiger partial charge in [0.1, 0.15) is 24.0 Å². The van der Waals surface area contributed by atoms with Gasteiger partial charge >= 0.3 is 13.7 Å². The number of esters is 1. The Morgan fingerprint density at radius 1 is 1.35 bits per heavy atom. The molecular formula is C24H31FN7O7P. The number of carbonyl (C=O) groups is 1. The number of benzene rings is 1. The summed E-state index contributed by atoms with van der Waals surface area (Å²) < 4.78 is 53.8. The van der Waals surface area contributed by atoms with E-state index in [1.165, 1.54) is 30.0 Å². The summed E-state index contributed by atoms with van der Waals surface area (Å²) >= 11 is 0. The van der Waals surface area contributed by atoms with Crippen LogP contribution in [0.3, 0.4) is 0 Å². The van der Waals surface area contributed by atoms with Crippen LogP contribution >= 0.6 is 7.75 Å². The van der Waals surface area contributed by atoms with E-state index in [4.69, 9.17) is 24.3 Å². The molecule has 0 amide bonds. The SMILES string of the molecule is CCOC(=O)[C@H](C)N[P@@](=O)(Oc1ccccc1)OC1[C@H]2O[C@@H](n3cnc4c(N(C)C)nc(N)nc43)[C@](C)(F)[C@@]12O. The van der Waals surface area contributed by atoms with Crippen LogP contribution in [0.25, 0.3) is 11.2 Å². The number of fused-ring (bicyclic) bond motifs is 2. The van der Waals surface area contributed by atoms with Crippen molar-refractivity contribution < 1.29 is 37.4 Å². The number of carbonyl (C=O) groups excluding carboxylic acids is 1. The molecule has 216 valence electrons. The van der Waals surface area contributed by atoms with Crippen molar-refractivity contribution in [2.24, 2.45) is 0 Å². The Labute approximate surface area is 229 Å². The molecular weight excluding hydrogens is 548 g/mol. The summed E-state index contributed by atoms with van der Waals surface area (Å²) in [5.74, 6) is -0.171. The predicted octanol–water partition coefficient (Wildman–Crippen LogP) is 1.96. The molecule has 1 saturated carbocycles. The minimum Gasteiger partial charge on any atom is -0.465 e. The van der Waals surface area contributed by atoms with Gasteiger partial charge in [0.2, 0.25) is 5.95 Å². The number of aromatic nitrogens is 4. The van der Waals surface area contributed by atoms with Gasteiger partial charge in [-0.05, 0) is 32.9 Å². The molecule has 4 N–H and O–H groups in total. The van der Waals surface area contributed by atoms with Gasteiger partial charge in [0.25, 0.3) is 0 Å². The zero-order chi connectivity index (χ0) is 29.0. The van der Waals surface area contributed by atoms with Gasteiger partial charge in [0, 0.05) is 14.1 Å². The minimum absolute atomic E-state index is 0.0533. The first-order valence-electron chi connectivity index (χ1n) is 12.5. The van der Waals surface area contributed by atoms with E-state index in [2.05, 4.69) is 20.0 Å². The van der Waals surface area contributed by atoms with Crippen LogP contribution in [0.5, 0.6) is 5.75 Å². The molecule has 0 bridgehead atoms. The summed E-state index contributed by atoms with van der Waals surface area (Å²) in [5, 5.41) is 13.9. The van der Waals surface area contributed by atoms with E-state index in [0.717, 1.165) is 6.92 Å². The van der Waals surface area contributed by atoms with Gasteiger partial charge in [-0.1, -0.05) is 18.2 Å². The number of aliphatic hydroxyl groups is 1. The second kappa shape index (κ2) is 9.93. The molecule has 16 heteroatoms. The molecule has 2 aromatic heterocycles. The van der Waals surface area contributed by atoms with E-state index >= 15 is 4.39 Å². The van der Waals surface area contributed by atoms with Crippen LogP contribution in [0.2, 0.25) is 0 Å². The Morgan fingerprint density at radius 2 is 2.05 bits per heavy atom. The van der Waals surface area contributed by atoms with Crippen LogP contribution in [-0.4, -0.2) is 80.8 Å². The minimum atomic E-state index is -4.38. The van der Waals surface area contributed by atoms with Crippen molar-refractivity contribution >= 4 is 36.6 Å². The Hall–Kier alpha value is -3.36. The number of para-hydroxylation sites is 1. The third-order valence-corrected chi connectivity index (χ3v) is 8.52. The molecule has 1 aliphatic carbocycles. The number of imidazole rings is 1. The zero-order valence-corrected chi connectivity index (χ0v) is 23.4. The highest BCUT2D eigenvalue weighted by molar-refractivity contribution is 7.52. The van der Waals surface area contributed by atoms with Crippen LogP contribution in [0.4, 0.5) is 16.2 Å². The lowest BCUT2D eigenvalue weighted by Gasteiger charge is -2.31. The van der Waals surface area contributed by atoms with Gasteiger partial charge in [-0.25, -0.2) is 13.9 Å². The number of nitrogen functional groups attached to an aromatic ring is 1. The molecule has 40 heavy (non-hydrogen) atoms. The van der Waals surface area contributed by atoms with Gasteiger partial charge in [-0.15, -0.1) is 0 Å². The van der Waals surface area contributed by atoms with Crippen LogP contribution in [0.1, 0.15) is 27.0 Å². The van der Waals surface area contributed by atoms with Crippen molar-refractivity contribution in [3.05, 3.63) is 36.7 Å². The number of nitrogens with one attached hydrogen (secondary N) is 1. The van der Waals surface area contributed by atoms with E-state index in [1.807, 2.05) is 0 Å². The van der Waals surface area contributed by atoms with Crippen LogP contribution in [0.15, 0.2) is 36.7 Å². The third kappa shape index (κ3) is 4.57. The molecule has 1 aromatic carbocycles. The Bertz CT molecular complexity index is 1470. The number of nitrogens with two attached hydrogens (primary N) is 1. The van der Waals surface area contributed by atoms with Crippen molar-refractivity contribution in [1.29, 1.82) is 0 Å². The lowest BCUT2D eigenvalue weighted by Crippen LogP contribution is -2.45.